The van der Waals surface area contributed by atoms with Crippen LogP contribution in [0.3, 0.4) is 0 Å². The van der Waals surface area contributed by atoms with E-state index in [1.165, 1.54) is 0 Å². The lowest BCUT2D eigenvalue weighted by atomic mass is 9.97. The van der Waals surface area contributed by atoms with E-state index in [0.29, 0.717) is 10.6 Å². The fourth-order valence-electron chi connectivity index (χ4n) is 3.36. The fourth-order valence-corrected chi connectivity index (χ4v) is 3.93. The summed E-state index contributed by atoms with van der Waals surface area (Å²) >= 11 is 9.60. The van der Waals surface area contributed by atoms with Crippen molar-refractivity contribution in [2.45, 2.75) is 43.8 Å². The molecule has 1 aromatic rings. The monoisotopic (exact) mass is 342 g/mol. The molecule has 2 saturated heterocycles. The highest BCUT2D eigenvalue weighted by Crippen LogP contribution is 2.37. The van der Waals surface area contributed by atoms with Crippen molar-refractivity contribution in [3.8, 4) is 0 Å². The Kier molecular flexibility index (Phi) is 3.58. The summed E-state index contributed by atoms with van der Waals surface area (Å²) in [7, 11) is 0. The maximum absolute atomic E-state index is 12.7. The van der Waals surface area contributed by atoms with Gasteiger partial charge in [-0.1, -0.05) is 17.7 Å². The molecule has 2 fully saturated rings. The summed E-state index contributed by atoms with van der Waals surface area (Å²) in [5.41, 5.74) is 6.63. The van der Waals surface area contributed by atoms with Crippen molar-refractivity contribution >= 4 is 33.4 Å². The standard InChI is InChI=1S/C14H16BrClN2O/c15-12-3-1-2-11(13(12)16)14(19)18-9-4-5-10(18)7-8(17)6-9/h1-3,8-10H,4-7,17H2. The zero-order valence-electron chi connectivity index (χ0n) is 10.5. The van der Waals surface area contributed by atoms with Gasteiger partial charge in [-0.05, 0) is 53.7 Å². The van der Waals surface area contributed by atoms with E-state index >= 15 is 0 Å². The van der Waals surface area contributed by atoms with Gasteiger partial charge in [-0.3, -0.25) is 4.79 Å². The summed E-state index contributed by atoms with van der Waals surface area (Å²) in [5.74, 6) is 0.0469. The van der Waals surface area contributed by atoms with Crippen molar-refractivity contribution in [1.29, 1.82) is 0 Å². The van der Waals surface area contributed by atoms with E-state index in [1.54, 1.807) is 6.07 Å². The molecule has 2 bridgehead atoms. The van der Waals surface area contributed by atoms with Gasteiger partial charge < -0.3 is 10.6 Å². The van der Waals surface area contributed by atoms with Gasteiger partial charge in [-0.15, -0.1) is 0 Å². The first kappa shape index (κ1) is 13.4. The van der Waals surface area contributed by atoms with E-state index in [2.05, 4.69) is 15.9 Å². The van der Waals surface area contributed by atoms with E-state index in [0.717, 1.165) is 30.2 Å². The number of carbonyl (C=O) groups is 1. The van der Waals surface area contributed by atoms with E-state index in [1.807, 2.05) is 17.0 Å². The smallest absolute Gasteiger partial charge is 0.255 e. The van der Waals surface area contributed by atoms with E-state index < -0.39 is 0 Å². The van der Waals surface area contributed by atoms with Gasteiger partial charge >= 0.3 is 0 Å². The average molecular weight is 344 g/mol. The molecule has 0 aliphatic carbocycles. The molecule has 2 heterocycles. The molecule has 1 aromatic carbocycles. The van der Waals surface area contributed by atoms with Crippen molar-refractivity contribution < 1.29 is 4.79 Å². The minimum Gasteiger partial charge on any atom is -0.333 e. The molecular weight excluding hydrogens is 328 g/mol. The zero-order chi connectivity index (χ0) is 13.6. The van der Waals surface area contributed by atoms with Gasteiger partial charge in [0, 0.05) is 22.6 Å². The van der Waals surface area contributed by atoms with Crippen molar-refractivity contribution in [3.05, 3.63) is 33.3 Å². The lowest BCUT2D eigenvalue weighted by Gasteiger charge is -2.38. The molecule has 5 heteroatoms. The predicted octanol–water partition coefficient (Wildman–Crippen LogP) is 3.20. The molecule has 2 aliphatic heterocycles. The molecule has 2 aliphatic rings. The Morgan fingerprint density at radius 3 is 2.58 bits per heavy atom. The average Bonchev–Trinajstić information content (AvgIpc) is 2.64. The van der Waals surface area contributed by atoms with Gasteiger partial charge in [0.1, 0.15) is 0 Å². The number of fused-ring (bicyclic) bond motifs is 2. The molecule has 0 spiro atoms. The van der Waals surface area contributed by atoms with Gasteiger partial charge in [0.2, 0.25) is 0 Å². The Hall–Kier alpha value is -0.580. The summed E-state index contributed by atoms with van der Waals surface area (Å²) in [6, 6.07) is 6.30. The molecule has 2 atom stereocenters. The SMILES string of the molecule is NC1CC2CCC(C1)N2C(=O)c1cccc(Br)c1Cl. The maximum atomic E-state index is 12.7. The molecule has 0 radical (unpaired) electrons. The first-order chi connectivity index (χ1) is 9.08. The summed E-state index contributed by atoms with van der Waals surface area (Å²) < 4.78 is 0.765. The third-order valence-electron chi connectivity index (χ3n) is 4.19. The number of hydrogen-bond donors (Lipinski definition) is 1. The molecule has 19 heavy (non-hydrogen) atoms. The molecule has 1 amide bonds. The van der Waals surface area contributed by atoms with Gasteiger partial charge in [0.05, 0.1) is 10.6 Å². The molecule has 2 N–H and O–H groups in total. The lowest BCUT2D eigenvalue weighted by molar-refractivity contribution is 0.0575. The van der Waals surface area contributed by atoms with Gasteiger partial charge in [0.25, 0.3) is 5.91 Å². The fraction of sp³-hybridized carbons (Fsp3) is 0.500. The molecular formula is C14H16BrClN2O. The van der Waals surface area contributed by atoms with E-state index in [9.17, 15) is 4.79 Å². The Morgan fingerprint density at radius 2 is 1.95 bits per heavy atom. The summed E-state index contributed by atoms with van der Waals surface area (Å²) in [4.78, 5) is 14.7. The molecule has 102 valence electrons. The normalized spacial score (nSPS) is 29.6. The number of amides is 1. The molecule has 2 unspecified atom stereocenters. The Bertz CT molecular complexity index is 508. The second-order valence-electron chi connectivity index (χ2n) is 5.43. The zero-order valence-corrected chi connectivity index (χ0v) is 12.8. The van der Waals surface area contributed by atoms with Crippen LogP contribution in [-0.4, -0.2) is 28.9 Å². The van der Waals surface area contributed by atoms with Gasteiger partial charge in [-0.2, -0.15) is 0 Å². The second kappa shape index (κ2) is 5.08. The van der Waals surface area contributed by atoms with Gasteiger partial charge in [0.15, 0.2) is 0 Å². The third-order valence-corrected chi connectivity index (χ3v) is 5.48. The van der Waals surface area contributed by atoms with Crippen LogP contribution in [0, 0.1) is 0 Å². The first-order valence-electron chi connectivity index (χ1n) is 6.60. The van der Waals surface area contributed by atoms with Crippen LogP contribution in [0.5, 0.6) is 0 Å². The Balaban J connectivity index is 1.91. The summed E-state index contributed by atoms with van der Waals surface area (Å²) in [6.07, 6.45) is 3.95. The minimum absolute atomic E-state index is 0.0469. The van der Waals surface area contributed by atoms with Crippen LogP contribution in [0.1, 0.15) is 36.0 Å². The highest BCUT2D eigenvalue weighted by atomic mass is 79.9. The number of nitrogens with two attached hydrogens (primary N) is 1. The van der Waals surface area contributed by atoms with Crippen molar-refractivity contribution in [1.82, 2.24) is 4.90 Å². The molecule has 0 aromatic heterocycles. The number of carbonyl (C=O) groups excluding carboxylic acids is 1. The molecule has 3 nitrogen and oxygen atoms in total. The molecule has 0 saturated carbocycles. The van der Waals surface area contributed by atoms with Crippen molar-refractivity contribution in [2.75, 3.05) is 0 Å². The number of nitrogens with zero attached hydrogens (tertiary/aromatic N) is 1. The number of rotatable bonds is 1. The van der Waals surface area contributed by atoms with Crippen LogP contribution < -0.4 is 5.73 Å². The summed E-state index contributed by atoms with van der Waals surface area (Å²) in [6.45, 7) is 0. The Morgan fingerprint density at radius 1 is 1.32 bits per heavy atom. The maximum Gasteiger partial charge on any atom is 0.255 e. The number of piperidine rings is 1. The van der Waals surface area contributed by atoms with Crippen molar-refractivity contribution in [3.63, 3.8) is 0 Å². The van der Waals surface area contributed by atoms with Crippen LogP contribution in [0.2, 0.25) is 5.02 Å². The third kappa shape index (κ3) is 2.30. The van der Waals surface area contributed by atoms with E-state index in [4.69, 9.17) is 17.3 Å². The highest BCUT2D eigenvalue weighted by Gasteiger charge is 2.42. The lowest BCUT2D eigenvalue weighted by Crippen LogP contribution is -2.50. The van der Waals surface area contributed by atoms with Crippen LogP contribution in [-0.2, 0) is 0 Å². The predicted molar refractivity (Wildman–Crippen MR) is 79.3 cm³/mol. The summed E-state index contributed by atoms with van der Waals surface area (Å²) in [5, 5.41) is 0.502. The number of benzene rings is 1. The van der Waals surface area contributed by atoms with Crippen LogP contribution in [0.25, 0.3) is 0 Å². The largest absolute Gasteiger partial charge is 0.333 e. The van der Waals surface area contributed by atoms with Crippen LogP contribution in [0.4, 0.5) is 0 Å². The number of hydrogen-bond acceptors (Lipinski definition) is 2. The Labute approximate surface area is 126 Å². The molecule has 3 rings (SSSR count). The van der Waals surface area contributed by atoms with Crippen molar-refractivity contribution in [2.24, 2.45) is 5.73 Å². The highest BCUT2D eigenvalue weighted by molar-refractivity contribution is 9.10. The van der Waals surface area contributed by atoms with Crippen LogP contribution in [0.15, 0.2) is 22.7 Å². The first-order valence-corrected chi connectivity index (χ1v) is 7.77. The topological polar surface area (TPSA) is 46.3 Å². The quantitative estimate of drug-likeness (QED) is 0.851. The number of halogens is 2. The minimum atomic E-state index is 0.0469. The van der Waals surface area contributed by atoms with Gasteiger partial charge in [-0.25, -0.2) is 0 Å². The second-order valence-corrected chi connectivity index (χ2v) is 6.66. The van der Waals surface area contributed by atoms with Crippen LogP contribution >= 0.6 is 27.5 Å². The van der Waals surface area contributed by atoms with E-state index in [-0.39, 0.29) is 24.0 Å².